The third-order valence-corrected chi connectivity index (χ3v) is 2.29. The fourth-order valence-corrected chi connectivity index (χ4v) is 1.51. The summed E-state index contributed by atoms with van der Waals surface area (Å²) in [5.74, 6) is 0.384. The van der Waals surface area contributed by atoms with E-state index in [2.05, 4.69) is 24.5 Å². The van der Waals surface area contributed by atoms with E-state index in [4.69, 9.17) is 11.0 Å². The van der Waals surface area contributed by atoms with Crippen LogP contribution in [0.2, 0.25) is 0 Å². The minimum Gasteiger partial charge on any atom is -0.386 e. The molecule has 0 aliphatic rings. The van der Waals surface area contributed by atoms with Crippen molar-refractivity contribution in [2.24, 2.45) is 5.73 Å². The van der Waals surface area contributed by atoms with E-state index in [0.29, 0.717) is 11.4 Å². The largest absolute Gasteiger partial charge is 0.386 e. The number of nitrogens with zero attached hydrogens (tertiary/aromatic N) is 1. The summed E-state index contributed by atoms with van der Waals surface area (Å²) in [6, 6.07) is 5.86. The van der Waals surface area contributed by atoms with Crippen molar-refractivity contribution >= 4 is 11.8 Å². The maximum absolute atomic E-state index is 8.98. The van der Waals surface area contributed by atoms with Crippen molar-refractivity contribution in [2.45, 2.75) is 13.3 Å². The van der Waals surface area contributed by atoms with Gasteiger partial charge in [0.15, 0.2) is 0 Å². The Balaban J connectivity index is 3.32. The van der Waals surface area contributed by atoms with E-state index in [9.17, 15) is 0 Å². The van der Waals surface area contributed by atoms with Gasteiger partial charge in [-0.2, -0.15) is 5.26 Å². The summed E-state index contributed by atoms with van der Waals surface area (Å²) in [5.41, 5.74) is 8.85. The second-order valence-electron chi connectivity index (χ2n) is 3.42. The monoisotopic (exact) mass is 213 g/mol. The Morgan fingerprint density at radius 3 is 2.75 bits per heavy atom. The molecular weight excluding hydrogens is 198 g/mol. The lowest BCUT2D eigenvalue weighted by molar-refractivity contribution is 1.13. The zero-order valence-corrected chi connectivity index (χ0v) is 9.38. The highest BCUT2D eigenvalue weighted by Crippen LogP contribution is 2.23. The molecule has 3 N–H and O–H groups in total. The number of benzene rings is 1. The lowest BCUT2D eigenvalue weighted by Crippen LogP contribution is -2.09. The fraction of sp³-hybridized carbons (Fsp3) is 0.154. The molecule has 0 unspecified atom stereocenters. The van der Waals surface area contributed by atoms with Gasteiger partial charge >= 0.3 is 0 Å². The Morgan fingerprint density at radius 2 is 2.31 bits per heavy atom. The Bertz CT molecular complexity index is 467. The topological polar surface area (TPSA) is 61.8 Å². The second-order valence-corrected chi connectivity index (χ2v) is 3.42. The molecule has 3 heteroatoms. The summed E-state index contributed by atoms with van der Waals surface area (Å²) in [6.45, 7) is 9.30. The molecule has 1 rings (SSSR count). The average Bonchev–Trinajstić information content (AvgIpc) is 2.27. The number of aryl methyl sites for hydroxylation is 1. The molecule has 82 valence electrons. The van der Waals surface area contributed by atoms with Gasteiger partial charge in [-0.25, -0.2) is 0 Å². The van der Waals surface area contributed by atoms with E-state index in [1.807, 2.05) is 19.1 Å². The van der Waals surface area contributed by atoms with Crippen molar-refractivity contribution in [1.29, 1.82) is 5.26 Å². The predicted molar refractivity (Wildman–Crippen MR) is 67.6 cm³/mol. The molecule has 16 heavy (non-hydrogen) atoms. The Morgan fingerprint density at radius 1 is 1.62 bits per heavy atom. The van der Waals surface area contributed by atoms with E-state index in [-0.39, 0.29) is 0 Å². The van der Waals surface area contributed by atoms with Gasteiger partial charge in [-0.1, -0.05) is 26.2 Å². The predicted octanol–water partition coefficient (Wildman–Crippen LogP) is 2.61. The summed E-state index contributed by atoms with van der Waals surface area (Å²) in [4.78, 5) is 0. The van der Waals surface area contributed by atoms with Crippen LogP contribution in [-0.2, 0) is 6.42 Å². The van der Waals surface area contributed by atoms with Gasteiger partial charge in [0, 0.05) is 5.69 Å². The van der Waals surface area contributed by atoms with Gasteiger partial charge in [0.25, 0.3) is 0 Å². The normalized spacial score (nSPS) is 9.25. The smallest absolute Gasteiger partial charge is 0.0998 e. The van der Waals surface area contributed by atoms with Gasteiger partial charge in [0.2, 0.25) is 0 Å². The third kappa shape index (κ3) is 2.43. The van der Waals surface area contributed by atoms with Crippen LogP contribution in [0.15, 0.2) is 31.1 Å². The van der Waals surface area contributed by atoms with Gasteiger partial charge in [-0.15, -0.1) is 0 Å². The van der Waals surface area contributed by atoms with Gasteiger partial charge < -0.3 is 11.1 Å². The molecule has 0 spiro atoms. The number of hydrogen-bond acceptors (Lipinski definition) is 3. The van der Waals surface area contributed by atoms with Crippen LogP contribution in [0, 0.1) is 11.3 Å². The van der Waals surface area contributed by atoms with Crippen LogP contribution >= 0.6 is 0 Å². The number of nitrogens with one attached hydrogen (secondary N) is 1. The molecule has 0 bridgehead atoms. The van der Waals surface area contributed by atoms with E-state index in [1.165, 1.54) is 0 Å². The van der Waals surface area contributed by atoms with Crippen LogP contribution in [-0.4, -0.2) is 0 Å². The highest BCUT2D eigenvalue weighted by Gasteiger charge is 2.06. The second kappa shape index (κ2) is 5.04. The van der Waals surface area contributed by atoms with Crippen LogP contribution in [0.25, 0.3) is 6.08 Å². The van der Waals surface area contributed by atoms with Crippen LogP contribution in [0.5, 0.6) is 0 Å². The van der Waals surface area contributed by atoms with Crippen molar-refractivity contribution in [3.8, 4) is 6.07 Å². The first kappa shape index (κ1) is 11.9. The molecule has 0 heterocycles. The summed E-state index contributed by atoms with van der Waals surface area (Å²) in [5, 5.41) is 12.0. The lowest BCUT2D eigenvalue weighted by Gasteiger charge is -2.12. The molecule has 1 aromatic rings. The molecule has 0 aliphatic heterocycles. The Kier molecular flexibility index (Phi) is 3.73. The van der Waals surface area contributed by atoms with Crippen LogP contribution in [0.3, 0.4) is 0 Å². The molecule has 0 aliphatic carbocycles. The molecule has 0 fully saturated rings. The lowest BCUT2D eigenvalue weighted by atomic mass is 10.0. The van der Waals surface area contributed by atoms with Gasteiger partial charge in [0.05, 0.1) is 17.5 Å². The van der Waals surface area contributed by atoms with Crippen molar-refractivity contribution in [3.63, 3.8) is 0 Å². The number of nitriles is 1. The number of nitrogens with two attached hydrogens (primary N) is 1. The molecule has 3 nitrogen and oxygen atoms in total. The zero-order valence-electron chi connectivity index (χ0n) is 9.38. The first-order chi connectivity index (χ1) is 7.62. The van der Waals surface area contributed by atoms with E-state index in [0.717, 1.165) is 23.2 Å². The van der Waals surface area contributed by atoms with Crippen molar-refractivity contribution in [3.05, 3.63) is 47.8 Å². The third-order valence-electron chi connectivity index (χ3n) is 2.29. The van der Waals surface area contributed by atoms with Crippen molar-refractivity contribution < 1.29 is 0 Å². The molecule has 0 aromatic heterocycles. The number of hydrogen-bond donors (Lipinski definition) is 2. The van der Waals surface area contributed by atoms with E-state index >= 15 is 0 Å². The first-order valence-corrected chi connectivity index (χ1v) is 5.03. The van der Waals surface area contributed by atoms with Gasteiger partial charge in [-0.05, 0) is 29.7 Å². The maximum Gasteiger partial charge on any atom is 0.0998 e. The molecule has 0 radical (unpaired) electrons. The molecule has 0 saturated heterocycles. The highest BCUT2D eigenvalue weighted by atomic mass is 15.0. The van der Waals surface area contributed by atoms with Crippen molar-refractivity contribution in [2.75, 3.05) is 5.32 Å². The Hall–Kier alpha value is -2.21. The average molecular weight is 213 g/mol. The summed E-state index contributed by atoms with van der Waals surface area (Å²) < 4.78 is 0. The van der Waals surface area contributed by atoms with Gasteiger partial charge in [-0.3, -0.25) is 0 Å². The quantitative estimate of drug-likeness (QED) is 0.808. The standard InChI is InChI=1S/C13H15N3/c1-4-10-7-13(16-9(3)15)11(5-2)6-12(10)8-14/h4,6-7,16H,1,3,5,15H2,2H3. The molecule has 0 amide bonds. The minimum absolute atomic E-state index is 0.384. The highest BCUT2D eigenvalue weighted by molar-refractivity contribution is 5.67. The molecule has 0 saturated carbocycles. The van der Waals surface area contributed by atoms with Crippen LogP contribution < -0.4 is 11.1 Å². The van der Waals surface area contributed by atoms with Crippen molar-refractivity contribution in [1.82, 2.24) is 0 Å². The Labute approximate surface area is 95.9 Å². The zero-order chi connectivity index (χ0) is 12.1. The molecular formula is C13H15N3. The SMILES string of the molecule is C=Cc1cc(NC(=C)N)c(CC)cc1C#N. The molecule has 0 atom stereocenters. The number of rotatable bonds is 4. The first-order valence-electron chi connectivity index (χ1n) is 5.03. The maximum atomic E-state index is 8.98. The summed E-state index contributed by atoms with van der Waals surface area (Å²) >= 11 is 0. The summed E-state index contributed by atoms with van der Waals surface area (Å²) in [6.07, 6.45) is 2.48. The minimum atomic E-state index is 0.384. The molecule has 1 aromatic carbocycles. The summed E-state index contributed by atoms with van der Waals surface area (Å²) in [7, 11) is 0. The van der Waals surface area contributed by atoms with Gasteiger partial charge in [0.1, 0.15) is 0 Å². The van der Waals surface area contributed by atoms with E-state index in [1.54, 1.807) is 6.08 Å². The fourth-order valence-electron chi connectivity index (χ4n) is 1.51. The number of anilines is 1. The van der Waals surface area contributed by atoms with Crippen LogP contribution in [0.4, 0.5) is 5.69 Å². The van der Waals surface area contributed by atoms with Crippen LogP contribution in [0.1, 0.15) is 23.6 Å². The van der Waals surface area contributed by atoms with E-state index < -0.39 is 0 Å².